The highest BCUT2D eigenvalue weighted by Gasteiger charge is 2.29. The lowest BCUT2D eigenvalue weighted by Crippen LogP contribution is -2.35. The Balaban J connectivity index is 1.60. The molecule has 0 saturated carbocycles. The summed E-state index contributed by atoms with van der Waals surface area (Å²) in [5, 5.41) is 17.6. The molecule has 3 aromatic rings. The molecule has 3 heterocycles. The number of esters is 1. The molecule has 11 heteroatoms. The largest absolute Gasteiger partial charge is 0.490 e. The van der Waals surface area contributed by atoms with Crippen LogP contribution in [0, 0.1) is 25.6 Å². The minimum Gasteiger partial charge on any atom is -0.490 e. The van der Waals surface area contributed by atoms with Crippen LogP contribution in [0.3, 0.4) is 0 Å². The summed E-state index contributed by atoms with van der Waals surface area (Å²) in [6.07, 6.45) is 7.77. The van der Waals surface area contributed by atoms with Crippen LogP contribution in [0.15, 0.2) is 36.1 Å². The van der Waals surface area contributed by atoms with Gasteiger partial charge in [-0.3, -0.25) is 9.59 Å². The van der Waals surface area contributed by atoms with Crippen molar-refractivity contribution in [1.82, 2.24) is 14.6 Å². The zero-order chi connectivity index (χ0) is 31.8. The zero-order valence-corrected chi connectivity index (χ0v) is 26.0. The predicted octanol–water partition coefficient (Wildman–Crippen LogP) is 5.50. The molecule has 1 atom stereocenters. The van der Waals surface area contributed by atoms with E-state index in [1.165, 1.54) is 24.4 Å². The first-order valence-electron chi connectivity index (χ1n) is 14.9. The molecule has 1 aromatic carbocycles. The quantitative estimate of drug-likeness (QED) is 0.242. The van der Waals surface area contributed by atoms with E-state index in [2.05, 4.69) is 15.4 Å². The number of amides is 1. The van der Waals surface area contributed by atoms with Gasteiger partial charge in [-0.05, 0) is 56.7 Å². The number of ether oxygens (including phenoxy) is 3. The summed E-state index contributed by atoms with van der Waals surface area (Å²) in [4.78, 5) is 31.0. The van der Waals surface area contributed by atoms with Gasteiger partial charge in [0.05, 0.1) is 24.5 Å². The number of aryl methyl sites for hydroxylation is 1. The molecule has 10 nitrogen and oxygen atoms in total. The molecule has 2 N–H and O–H groups in total. The number of halogens is 1. The Morgan fingerprint density at radius 2 is 2.00 bits per heavy atom. The molecular formula is C33H39FN4O6. The van der Waals surface area contributed by atoms with E-state index in [0.29, 0.717) is 47.6 Å². The summed E-state index contributed by atoms with van der Waals surface area (Å²) >= 11 is 0. The third-order valence-electron chi connectivity index (χ3n) is 7.65. The maximum atomic E-state index is 15.5. The lowest BCUT2D eigenvalue weighted by atomic mass is 9.91. The molecule has 44 heavy (non-hydrogen) atoms. The van der Waals surface area contributed by atoms with E-state index < -0.39 is 23.7 Å². The zero-order valence-electron chi connectivity index (χ0n) is 26.0. The smallest absolute Gasteiger partial charge is 0.312 e. The first-order chi connectivity index (χ1) is 20.8. The number of fused-ring (bicyclic) bond motifs is 2. The van der Waals surface area contributed by atoms with Crippen LogP contribution in [-0.4, -0.2) is 50.1 Å². The van der Waals surface area contributed by atoms with Crippen molar-refractivity contribution in [3.05, 3.63) is 64.3 Å². The molecule has 0 radical (unpaired) electrons. The summed E-state index contributed by atoms with van der Waals surface area (Å²) in [7, 11) is 0. The Hall–Kier alpha value is -4.25. The summed E-state index contributed by atoms with van der Waals surface area (Å²) in [6.45, 7) is 10.6. The van der Waals surface area contributed by atoms with Gasteiger partial charge in [0.1, 0.15) is 0 Å². The lowest BCUT2D eigenvalue weighted by Gasteiger charge is -2.24. The Labute approximate surface area is 255 Å². The number of nitrogens with one attached hydrogen (secondary N) is 1. The number of carbonyl (C=O) groups is 2. The van der Waals surface area contributed by atoms with Crippen molar-refractivity contribution in [2.24, 2.45) is 5.92 Å². The molecule has 1 unspecified atom stereocenters. The van der Waals surface area contributed by atoms with E-state index in [1.54, 1.807) is 13.0 Å². The molecule has 0 bridgehead atoms. The predicted molar refractivity (Wildman–Crippen MR) is 163 cm³/mol. The Kier molecular flexibility index (Phi) is 8.78. The van der Waals surface area contributed by atoms with Gasteiger partial charge >= 0.3 is 5.97 Å². The fourth-order valence-electron chi connectivity index (χ4n) is 5.60. The second-order valence-electron chi connectivity index (χ2n) is 12.1. The summed E-state index contributed by atoms with van der Waals surface area (Å²) in [5.41, 5.74) is 3.82. The SMILES string of the molecule is Cc1nc2cc(NC(=O)C(OC3=CC=CCC3)C(C)C)nn2c(-c2cc(F)c3c(c2C)CCCO3)c1CC(=O)OC(C)(C)O. The van der Waals surface area contributed by atoms with E-state index in [1.807, 2.05) is 39.0 Å². The number of nitrogens with zero attached hydrogens (tertiary/aromatic N) is 3. The van der Waals surface area contributed by atoms with E-state index >= 15 is 4.39 Å². The summed E-state index contributed by atoms with van der Waals surface area (Å²) in [5.74, 6) is -2.16. The van der Waals surface area contributed by atoms with Crippen molar-refractivity contribution < 1.29 is 33.3 Å². The van der Waals surface area contributed by atoms with E-state index in [0.717, 1.165) is 29.7 Å². The topological polar surface area (TPSA) is 124 Å². The first-order valence-corrected chi connectivity index (χ1v) is 14.9. The molecule has 0 fully saturated rings. The van der Waals surface area contributed by atoms with E-state index in [-0.39, 0.29) is 29.8 Å². The van der Waals surface area contributed by atoms with Crippen LogP contribution in [0.4, 0.5) is 10.2 Å². The highest BCUT2D eigenvalue weighted by molar-refractivity contribution is 5.94. The number of carbonyl (C=O) groups excluding carboxylic acids is 2. The Morgan fingerprint density at radius 1 is 1.23 bits per heavy atom. The second-order valence-corrected chi connectivity index (χ2v) is 12.1. The normalized spacial score (nSPS) is 15.4. The minimum atomic E-state index is -1.68. The third-order valence-corrected chi connectivity index (χ3v) is 7.65. The number of allylic oxidation sites excluding steroid dienone is 4. The Bertz CT molecular complexity index is 1670. The molecule has 2 aromatic heterocycles. The monoisotopic (exact) mass is 606 g/mol. The molecular weight excluding hydrogens is 567 g/mol. The highest BCUT2D eigenvalue weighted by Crippen LogP contribution is 2.39. The van der Waals surface area contributed by atoms with E-state index in [9.17, 15) is 14.7 Å². The van der Waals surface area contributed by atoms with Crippen molar-refractivity contribution in [3.63, 3.8) is 0 Å². The van der Waals surface area contributed by atoms with E-state index in [4.69, 9.17) is 14.2 Å². The van der Waals surface area contributed by atoms with Crippen LogP contribution in [0.1, 0.15) is 69.3 Å². The molecule has 0 spiro atoms. The van der Waals surface area contributed by atoms with Crippen LogP contribution in [0.5, 0.6) is 5.75 Å². The summed E-state index contributed by atoms with van der Waals surface area (Å²) < 4.78 is 33.9. The third kappa shape index (κ3) is 6.62. The molecule has 2 aliphatic rings. The molecule has 1 aliphatic carbocycles. The van der Waals surface area contributed by atoms with Crippen molar-refractivity contribution in [2.75, 3.05) is 11.9 Å². The van der Waals surface area contributed by atoms with Gasteiger partial charge in [0.15, 0.2) is 29.1 Å². The molecule has 5 rings (SSSR count). The van der Waals surface area contributed by atoms with Gasteiger partial charge in [-0.15, -0.1) is 5.10 Å². The van der Waals surface area contributed by atoms with Crippen LogP contribution >= 0.6 is 0 Å². The maximum Gasteiger partial charge on any atom is 0.312 e. The van der Waals surface area contributed by atoms with Gasteiger partial charge in [-0.1, -0.05) is 26.0 Å². The fraction of sp³-hybridized carbons (Fsp3) is 0.455. The standard InChI is InChI=1S/C33H39FN4O6/c1-18(2)30(43-21-11-8-7-9-12-21)32(40)36-26-17-27-35-20(4)24(16-28(39)44-33(5,6)41)29(38(27)37-26)23-15-25(34)31-22(19(23)3)13-10-14-42-31/h7-8,11,15,17-18,30,41H,9-10,12-14,16H2,1-6H3,(H,36,37,40). The molecule has 1 amide bonds. The number of hydrogen-bond acceptors (Lipinski definition) is 8. The highest BCUT2D eigenvalue weighted by atomic mass is 19.1. The van der Waals surface area contributed by atoms with Crippen LogP contribution < -0.4 is 10.1 Å². The number of anilines is 1. The van der Waals surface area contributed by atoms with Gasteiger partial charge in [-0.2, -0.15) is 0 Å². The number of aliphatic hydroxyl groups is 1. The molecule has 234 valence electrons. The number of benzene rings is 1. The second kappa shape index (κ2) is 12.4. The van der Waals surface area contributed by atoms with Crippen molar-refractivity contribution in [3.8, 4) is 17.0 Å². The van der Waals surface area contributed by atoms with Gasteiger partial charge in [0.2, 0.25) is 5.79 Å². The number of rotatable bonds is 9. The van der Waals surface area contributed by atoms with Gasteiger partial charge in [-0.25, -0.2) is 13.9 Å². The molecule has 0 saturated heterocycles. The summed E-state index contributed by atoms with van der Waals surface area (Å²) in [6, 6.07) is 3.01. The molecule has 1 aliphatic heterocycles. The fourth-order valence-corrected chi connectivity index (χ4v) is 5.60. The minimum absolute atomic E-state index is 0.119. The number of aromatic nitrogens is 3. The Morgan fingerprint density at radius 3 is 2.68 bits per heavy atom. The van der Waals surface area contributed by atoms with Crippen LogP contribution in [-0.2, 0) is 31.9 Å². The van der Waals surface area contributed by atoms with Crippen LogP contribution in [0.25, 0.3) is 16.9 Å². The first kappa shape index (κ1) is 31.2. The lowest BCUT2D eigenvalue weighted by molar-refractivity contribution is -0.194. The average Bonchev–Trinajstić information content (AvgIpc) is 3.35. The van der Waals surface area contributed by atoms with Gasteiger partial charge in [0, 0.05) is 48.7 Å². The van der Waals surface area contributed by atoms with Crippen molar-refractivity contribution in [2.45, 2.75) is 85.5 Å². The van der Waals surface area contributed by atoms with Crippen LogP contribution in [0.2, 0.25) is 0 Å². The maximum absolute atomic E-state index is 15.5. The van der Waals surface area contributed by atoms with Gasteiger partial charge < -0.3 is 24.6 Å². The number of hydrogen-bond donors (Lipinski definition) is 2. The van der Waals surface area contributed by atoms with Gasteiger partial charge in [0.25, 0.3) is 5.91 Å². The van der Waals surface area contributed by atoms with Crippen molar-refractivity contribution >= 4 is 23.3 Å². The van der Waals surface area contributed by atoms with Crippen molar-refractivity contribution in [1.29, 1.82) is 0 Å². The average molecular weight is 607 g/mol.